The van der Waals surface area contributed by atoms with E-state index in [4.69, 9.17) is 16.3 Å². The lowest BCUT2D eigenvalue weighted by Gasteiger charge is -2.17. The molecule has 1 heterocycles. The molecule has 0 spiro atoms. The minimum Gasteiger partial charge on any atom is -0.494 e. The van der Waals surface area contributed by atoms with Crippen LogP contribution >= 0.6 is 11.6 Å². The fourth-order valence-corrected chi connectivity index (χ4v) is 2.10. The van der Waals surface area contributed by atoms with Crippen LogP contribution in [0.15, 0.2) is 36.5 Å². The maximum absolute atomic E-state index is 13.6. The third-order valence-electron chi connectivity index (χ3n) is 2.91. The van der Waals surface area contributed by atoms with Gasteiger partial charge in [-0.25, -0.2) is 9.37 Å². The number of nitrogens with zero attached hydrogens (tertiary/aromatic N) is 2. The number of pyridine rings is 1. The molecular formula is C15H16ClFN2O. The van der Waals surface area contributed by atoms with Crippen LogP contribution in [-0.4, -0.2) is 24.0 Å². The molecule has 0 aliphatic heterocycles. The van der Waals surface area contributed by atoms with Crippen LogP contribution in [0.3, 0.4) is 0 Å². The van der Waals surface area contributed by atoms with Gasteiger partial charge >= 0.3 is 0 Å². The number of methoxy groups -OCH3 is 1. The monoisotopic (exact) mass is 294 g/mol. The lowest BCUT2D eigenvalue weighted by Crippen LogP contribution is -2.17. The number of hydrogen-bond donors (Lipinski definition) is 0. The van der Waals surface area contributed by atoms with Gasteiger partial charge in [0.25, 0.3) is 0 Å². The zero-order valence-corrected chi connectivity index (χ0v) is 12.2. The van der Waals surface area contributed by atoms with Crippen molar-refractivity contribution >= 4 is 11.6 Å². The van der Waals surface area contributed by atoms with Crippen LogP contribution < -0.4 is 4.74 Å². The van der Waals surface area contributed by atoms with Crippen molar-refractivity contribution in [2.24, 2.45) is 0 Å². The molecule has 5 heteroatoms. The Labute approximate surface area is 123 Å². The van der Waals surface area contributed by atoms with Crippen molar-refractivity contribution in [1.29, 1.82) is 0 Å². The molecule has 2 aromatic rings. The summed E-state index contributed by atoms with van der Waals surface area (Å²) in [5.41, 5.74) is 1.96. The lowest BCUT2D eigenvalue weighted by molar-refractivity contribution is 0.317. The summed E-state index contributed by atoms with van der Waals surface area (Å²) in [4.78, 5) is 6.11. The summed E-state index contributed by atoms with van der Waals surface area (Å²) >= 11 is 5.75. The first-order valence-electron chi connectivity index (χ1n) is 6.20. The first-order chi connectivity index (χ1) is 9.58. The molecule has 0 fully saturated rings. The first kappa shape index (κ1) is 14.8. The van der Waals surface area contributed by atoms with Crippen molar-refractivity contribution in [3.63, 3.8) is 0 Å². The molecule has 0 saturated heterocycles. The van der Waals surface area contributed by atoms with E-state index in [-0.39, 0.29) is 11.6 Å². The molecule has 0 amide bonds. The van der Waals surface area contributed by atoms with Crippen LogP contribution in [0.25, 0.3) is 0 Å². The van der Waals surface area contributed by atoms with E-state index in [0.717, 1.165) is 17.7 Å². The second kappa shape index (κ2) is 6.68. The van der Waals surface area contributed by atoms with Gasteiger partial charge in [0.05, 0.1) is 7.11 Å². The fraction of sp³-hybridized carbons (Fsp3) is 0.267. The van der Waals surface area contributed by atoms with E-state index in [1.165, 1.54) is 13.2 Å². The zero-order valence-electron chi connectivity index (χ0n) is 11.4. The van der Waals surface area contributed by atoms with Crippen LogP contribution in [0.1, 0.15) is 11.1 Å². The molecule has 106 valence electrons. The van der Waals surface area contributed by atoms with Crippen molar-refractivity contribution in [2.45, 2.75) is 13.1 Å². The summed E-state index contributed by atoms with van der Waals surface area (Å²) in [6.07, 6.45) is 1.74. The van der Waals surface area contributed by atoms with E-state index in [1.807, 2.05) is 19.2 Å². The predicted molar refractivity (Wildman–Crippen MR) is 77.4 cm³/mol. The Morgan fingerprint density at radius 2 is 1.90 bits per heavy atom. The van der Waals surface area contributed by atoms with Gasteiger partial charge in [-0.2, -0.15) is 0 Å². The van der Waals surface area contributed by atoms with Gasteiger partial charge < -0.3 is 4.74 Å². The van der Waals surface area contributed by atoms with Gasteiger partial charge in [0.1, 0.15) is 5.15 Å². The molecule has 0 N–H and O–H groups in total. The molecule has 0 aliphatic carbocycles. The molecule has 0 bridgehead atoms. The van der Waals surface area contributed by atoms with Crippen molar-refractivity contribution in [2.75, 3.05) is 14.2 Å². The topological polar surface area (TPSA) is 25.4 Å². The lowest BCUT2D eigenvalue weighted by atomic mass is 10.2. The SMILES string of the molecule is COc1ccc(CN(C)Cc2ccc(Cl)nc2)cc1F. The fourth-order valence-electron chi connectivity index (χ4n) is 1.99. The molecule has 0 saturated carbocycles. The number of rotatable bonds is 5. The molecule has 1 aromatic heterocycles. The Morgan fingerprint density at radius 3 is 2.50 bits per heavy atom. The van der Waals surface area contributed by atoms with E-state index in [9.17, 15) is 4.39 Å². The predicted octanol–water partition coefficient (Wildman–Crippen LogP) is 3.51. The average molecular weight is 295 g/mol. The highest BCUT2D eigenvalue weighted by Crippen LogP contribution is 2.19. The number of halogens is 2. The zero-order chi connectivity index (χ0) is 14.5. The Bertz CT molecular complexity index is 575. The van der Waals surface area contributed by atoms with E-state index < -0.39 is 0 Å². The molecule has 0 unspecified atom stereocenters. The summed E-state index contributed by atoms with van der Waals surface area (Å²) in [7, 11) is 3.43. The summed E-state index contributed by atoms with van der Waals surface area (Å²) in [5, 5.41) is 0.480. The smallest absolute Gasteiger partial charge is 0.165 e. The van der Waals surface area contributed by atoms with Gasteiger partial charge in [0.2, 0.25) is 0 Å². The highest BCUT2D eigenvalue weighted by molar-refractivity contribution is 6.29. The Morgan fingerprint density at radius 1 is 1.20 bits per heavy atom. The molecule has 1 aromatic carbocycles. The molecule has 0 aliphatic rings. The van der Waals surface area contributed by atoms with Crippen molar-refractivity contribution in [1.82, 2.24) is 9.88 Å². The van der Waals surface area contributed by atoms with E-state index in [2.05, 4.69) is 9.88 Å². The Hall–Kier alpha value is -1.65. The van der Waals surface area contributed by atoms with E-state index in [0.29, 0.717) is 11.7 Å². The highest BCUT2D eigenvalue weighted by Gasteiger charge is 2.06. The second-order valence-corrected chi connectivity index (χ2v) is 5.02. The maximum Gasteiger partial charge on any atom is 0.165 e. The summed E-state index contributed by atoms with van der Waals surface area (Å²) < 4.78 is 18.5. The quantitative estimate of drug-likeness (QED) is 0.789. The van der Waals surface area contributed by atoms with Crippen molar-refractivity contribution in [3.8, 4) is 5.75 Å². The minimum atomic E-state index is -0.341. The molecule has 3 nitrogen and oxygen atoms in total. The van der Waals surface area contributed by atoms with Gasteiger partial charge in [-0.1, -0.05) is 23.7 Å². The van der Waals surface area contributed by atoms with Crippen molar-refractivity contribution in [3.05, 3.63) is 58.6 Å². The van der Waals surface area contributed by atoms with Crippen molar-refractivity contribution < 1.29 is 9.13 Å². The van der Waals surface area contributed by atoms with Crippen LogP contribution in [0.2, 0.25) is 5.15 Å². The van der Waals surface area contributed by atoms with Crippen LogP contribution in [-0.2, 0) is 13.1 Å². The number of hydrogen-bond acceptors (Lipinski definition) is 3. The van der Waals surface area contributed by atoms with Crippen LogP contribution in [0.5, 0.6) is 5.75 Å². The molecular weight excluding hydrogens is 279 g/mol. The highest BCUT2D eigenvalue weighted by atomic mass is 35.5. The van der Waals surface area contributed by atoms with Crippen LogP contribution in [0, 0.1) is 5.82 Å². The van der Waals surface area contributed by atoms with E-state index in [1.54, 1.807) is 18.3 Å². The largest absolute Gasteiger partial charge is 0.494 e. The first-order valence-corrected chi connectivity index (χ1v) is 6.57. The number of benzene rings is 1. The van der Waals surface area contributed by atoms with E-state index >= 15 is 0 Å². The molecule has 20 heavy (non-hydrogen) atoms. The third-order valence-corrected chi connectivity index (χ3v) is 3.13. The average Bonchev–Trinajstić information content (AvgIpc) is 2.41. The second-order valence-electron chi connectivity index (χ2n) is 4.63. The molecule has 0 radical (unpaired) electrons. The minimum absolute atomic E-state index is 0.262. The van der Waals surface area contributed by atoms with Gasteiger partial charge in [-0.05, 0) is 36.4 Å². The number of ether oxygens (including phenoxy) is 1. The molecule has 0 atom stereocenters. The van der Waals surface area contributed by atoms with Gasteiger partial charge in [-0.3, -0.25) is 4.90 Å². The molecule has 2 rings (SSSR count). The summed E-state index contributed by atoms with van der Waals surface area (Å²) in [5.74, 6) is -0.0788. The summed E-state index contributed by atoms with van der Waals surface area (Å²) in [6, 6.07) is 8.69. The standard InChI is InChI=1S/C15H16ClFN2O/c1-19(10-12-4-6-15(16)18-8-12)9-11-3-5-14(20-2)13(17)7-11/h3-8H,9-10H2,1-2H3. The van der Waals surface area contributed by atoms with Gasteiger partial charge in [0, 0.05) is 19.3 Å². The van der Waals surface area contributed by atoms with Gasteiger partial charge in [0.15, 0.2) is 11.6 Å². The van der Waals surface area contributed by atoms with Gasteiger partial charge in [-0.15, -0.1) is 0 Å². The number of aromatic nitrogens is 1. The Kier molecular flexibility index (Phi) is 4.93. The normalized spacial score (nSPS) is 10.8. The van der Waals surface area contributed by atoms with Crippen LogP contribution in [0.4, 0.5) is 4.39 Å². The maximum atomic E-state index is 13.6. The third kappa shape index (κ3) is 3.92. The summed E-state index contributed by atoms with van der Waals surface area (Å²) in [6.45, 7) is 1.36. The Balaban J connectivity index is 1.99.